The van der Waals surface area contributed by atoms with E-state index in [1.165, 1.54) is 7.11 Å². The summed E-state index contributed by atoms with van der Waals surface area (Å²) in [6.45, 7) is 2.42. The highest BCUT2D eigenvalue weighted by Gasteiger charge is 2.41. The van der Waals surface area contributed by atoms with Gasteiger partial charge in [-0.15, -0.1) is 0 Å². The van der Waals surface area contributed by atoms with Gasteiger partial charge in [0, 0.05) is 17.4 Å². The SMILES string of the molecule is COC(=O)c1cc2nc3n(c2cc1C)CC(c1ccccn1)[S+]3[O-]. The van der Waals surface area contributed by atoms with Crippen molar-refractivity contribution in [3.63, 3.8) is 0 Å². The molecule has 1 aliphatic rings. The Balaban J connectivity index is 1.80. The number of pyridine rings is 1. The summed E-state index contributed by atoms with van der Waals surface area (Å²) in [6.07, 6.45) is 1.71. The second-order valence-electron chi connectivity index (χ2n) is 5.69. The topological polar surface area (TPSA) is 80.1 Å². The number of hydrogen-bond acceptors (Lipinski definition) is 5. The Morgan fingerprint density at radius 2 is 2.25 bits per heavy atom. The molecule has 4 rings (SSSR count). The number of methoxy groups -OCH3 is 1. The fourth-order valence-electron chi connectivity index (χ4n) is 3.04. The van der Waals surface area contributed by atoms with E-state index in [0.717, 1.165) is 16.8 Å². The smallest absolute Gasteiger partial charge is 0.338 e. The molecule has 0 N–H and O–H groups in total. The number of aromatic nitrogens is 3. The third kappa shape index (κ3) is 2.20. The lowest BCUT2D eigenvalue weighted by molar-refractivity contribution is 0.0600. The number of rotatable bonds is 2. The number of imidazole rings is 1. The number of carbonyl (C=O) groups excluding carboxylic acids is 1. The van der Waals surface area contributed by atoms with Crippen LogP contribution in [-0.2, 0) is 22.5 Å². The lowest BCUT2D eigenvalue weighted by atomic mass is 10.1. The average molecular weight is 341 g/mol. The first-order valence-electron chi connectivity index (χ1n) is 7.51. The van der Waals surface area contributed by atoms with Crippen LogP contribution >= 0.6 is 0 Å². The molecule has 24 heavy (non-hydrogen) atoms. The molecule has 1 aromatic carbocycles. The quantitative estimate of drug-likeness (QED) is 0.528. The highest BCUT2D eigenvalue weighted by Crippen LogP contribution is 2.38. The van der Waals surface area contributed by atoms with Gasteiger partial charge >= 0.3 is 11.1 Å². The van der Waals surface area contributed by atoms with E-state index in [9.17, 15) is 9.35 Å². The number of carbonyl (C=O) groups is 1. The van der Waals surface area contributed by atoms with Gasteiger partial charge in [-0.3, -0.25) is 9.55 Å². The number of fused-ring (bicyclic) bond motifs is 3. The molecule has 0 radical (unpaired) electrons. The van der Waals surface area contributed by atoms with Crippen molar-refractivity contribution in [2.24, 2.45) is 0 Å². The third-order valence-electron chi connectivity index (χ3n) is 4.27. The summed E-state index contributed by atoms with van der Waals surface area (Å²) in [7, 11) is 1.35. The molecule has 0 fully saturated rings. The Bertz CT molecular complexity index is 939. The fourth-order valence-corrected chi connectivity index (χ4v) is 4.52. The average Bonchev–Trinajstić information content (AvgIpc) is 3.11. The summed E-state index contributed by atoms with van der Waals surface area (Å²) in [5.74, 6) is -0.393. The summed E-state index contributed by atoms with van der Waals surface area (Å²) in [6, 6.07) is 9.22. The molecule has 3 aromatic rings. The molecule has 2 atom stereocenters. The van der Waals surface area contributed by atoms with Crippen molar-refractivity contribution in [1.29, 1.82) is 0 Å². The van der Waals surface area contributed by atoms with Gasteiger partial charge in [0.2, 0.25) is 0 Å². The molecule has 1 aliphatic heterocycles. The summed E-state index contributed by atoms with van der Waals surface area (Å²) in [5, 5.41) is 0.334. The normalized spacial score (nSPS) is 19.5. The van der Waals surface area contributed by atoms with Crippen LogP contribution < -0.4 is 0 Å². The number of ether oxygens (including phenoxy) is 1. The van der Waals surface area contributed by atoms with Crippen molar-refractivity contribution in [3.05, 3.63) is 53.3 Å². The van der Waals surface area contributed by atoms with Crippen LogP contribution in [0, 0.1) is 6.92 Å². The second-order valence-corrected chi connectivity index (χ2v) is 7.22. The van der Waals surface area contributed by atoms with E-state index in [0.29, 0.717) is 22.8 Å². The lowest BCUT2D eigenvalue weighted by Crippen LogP contribution is -2.11. The Morgan fingerprint density at radius 1 is 1.42 bits per heavy atom. The monoisotopic (exact) mass is 341 g/mol. The minimum atomic E-state index is -1.27. The summed E-state index contributed by atoms with van der Waals surface area (Å²) < 4.78 is 19.6. The molecule has 2 unspecified atom stereocenters. The van der Waals surface area contributed by atoms with Crippen LogP contribution in [0.3, 0.4) is 0 Å². The minimum Gasteiger partial charge on any atom is -0.608 e. The highest BCUT2D eigenvalue weighted by molar-refractivity contribution is 7.91. The molecule has 6 nitrogen and oxygen atoms in total. The van der Waals surface area contributed by atoms with E-state index in [2.05, 4.69) is 9.97 Å². The predicted molar refractivity (Wildman–Crippen MR) is 89.2 cm³/mol. The van der Waals surface area contributed by atoms with Crippen molar-refractivity contribution in [3.8, 4) is 0 Å². The van der Waals surface area contributed by atoms with Crippen LogP contribution in [-0.4, -0.2) is 32.2 Å². The number of benzene rings is 1. The van der Waals surface area contributed by atoms with Gasteiger partial charge in [-0.05, 0) is 36.8 Å². The fraction of sp³-hybridized carbons (Fsp3) is 0.235. The molecule has 0 saturated heterocycles. The maximum Gasteiger partial charge on any atom is 0.338 e. The van der Waals surface area contributed by atoms with Crippen LogP contribution in [0.2, 0.25) is 0 Å². The van der Waals surface area contributed by atoms with Crippen LogP contribution in [0.1, 0.15) is 26.9 Å². The maximum absolute atomic E-state index is 12.8. The first-order chi connectivity index (χ1) is 11.6. The van der Waals surface area contributed by atoms with Crippen molar-refractivity contribution in [1.82, 2.24) is 14.5 Å². The van der Waals surface area contributed by atoms with Crippen LogP contribution in [0.4, 0.5) is 0 Å². The number of aryl methyl sites for hydroxylation is 1. The molecule has 2 aromatic heterocycles. The molecule has 0 bridgehead atoms. The van der Waals surface area contributed by atoms with Crippen molar-refractivity contribution < 1.29 is 14.1 Å². The Kier molecular flexibility index (Phi) is 3.54. The van der Waals surface area contributed by atoms with Gasteiger partial charge in [-0.25, -0.2) is 4.79 Å². The molecule has 122 valence electrons. The third-order valence-corrected chi connectivity index (χ3v) is 5.85. The van der Waals surface area contributed by atoms with Crippen LogP contribution in [0.25, 0.3) is 11.0 Å². The zero-order valence-corrected chi connectivity index (χ0v) is 14.0. The molecular weight excluding hydrogens is 326 g/mol. The first-order valence-corrected chi connectivity index (χ1v) is 8.72. The van der Waals surface area contributed by atoms with E-state index in [4.69, 9.17) is 4.74 Å². The Morgan fingerprint density at radius 3 is 2.96 bits per heavy atom. The largest absolute Gasteiger partial charge is 0.608 e. The number of esters is 1. The van der Waals surface area contributed by atoms with E-state index < -0.39 is 17.1 Å². The van der Waals surface area contributed by atoms with E-state index >= 15 is 0 Å². The van der Waals surface area contributed by atoms with Gasteiger partial charge in [0.1, 0.15) is 0 Å². The van der Waals surface area contributed by atoms with Crippen molar-refractivity contribution in [2.75, 3.05) is 7.11 Å². The summed E-state index contributed by atoms with van der Waals surface area (Å²) in [4.78, 5) is 20.6. The molecule has 0 aliphatic carbocycles. The Hall–Kier alpha value is -2.38. The van der Waals surface area contributed by atoms with Crippen LogP contribution in [0.5, 0.6) is 0 Å². The molecule has 0 spiro atoms. The highest BCUT2D eigenvalue weighted by atomic mass is 32.2. The first kappa shape index (κ1) is 15.2. The summed E-state index contributed by atoms with van der Waals surface area (Å²) in [5.41, 5.74) is 3.63. The summed E-state index contributed by atoms with van der Waals surface area (Å²) >= 11 is -1.27. The van der Waals surface area contributed by atoms with Crippen molar-refractivity contribution >= 4 is 28.2 Å². The van der Waals surface area contributed by atoms with Gasteiger partial charge < -0.3 is 9.29 Å². The minimum absolute atomic E-state index is 0.196. The standard InChI is InChI=1S/C17H15N3O3S/c1-10-7-14-13(8-11(10)16(21)23-2)19-17-20(14)9-15(24(17)22)12-5-3-4-6-18-12/h3-8,15H,9H2,1-2H3. The maximum atomic E-state index is 12.8. The van der Waals surface area contributed by atoms with Gasteiger partial charge in [-0.2, -0.15) is 4.98 Å². The molecular formula is C17H15N3O3S. The molecule has 3 heterocycles. The Labute approximate surface area is 141 Å². The zero-order valence-electron chi connectivity index (χ0n) is 13.2. The van der Waals surface area contributed by atoms with Gasteiger partial charge in [0.15, 0.2) is 5.25 Å². The second kappa shape index (κ2) is 5.61. The van der Waals surface area contributed by atoms with E-state index in [1.807, 2.05) is 35.8 Å². The zero-order chi connectivity index (χ0) is 16.8. The van der Waals surface area contributed by atoms with Gasteiger partial charge in [-0.1, -0.05) is 6.07 Å². The van der Waals surface area contributed by atoms with Crippen molar-refractivity contribution in [2.45, 2.75) is 23.9 Å². The van der Waals surface area contributed by atoms with Gasteiger partial charge in [0.25, 0.3) is 0 Å². The number of nitrogens with zero attached hydrogens (tertiary/aromatic N) is 3. The van der Waals surface area contributed by atoms with Crippen LogP contribution in [0.15, 0.2) is 41.7 Å². The lowest BCUT2D eigenvalue weighted by Gasteiger charge is -2.11. The number of hydrogen-bond donors (Lipinski definition) is 0. The molecule has 7 heteroatoms. The van der Waals surface area contributed by atoms with E-state index in [-0.39, 0.29) is 5.25 Å². The van der Waals surface area contributed by atoms with Gasteiger partial charge in [0.05, 0.1) is 35.9 Å². The van der Waals surface area contributed by atoms with E-state index in [1.54, 1.807) is 12.3 Å². The molecule has 0 saturated carbocycles. The molecule has 0 amide bonds. The predicted octanol–water partition coefficient (Wildman–Crippen LogP) is 2.39.